The molecule has 0 bridgehead atoms. The Labute approximate surface area is 181 Å². The Morgan fingerprint density at radius 1 is 0.871 bits per heavy atom. The van der Waals surface area contributed by atoms with Crippen LogP contribution in [0.1, 0.15) is 42.5 Å². The number of anilines is 1. The predicted molar refractivity (Wildman–Crippen MR) is 116 cm³/mol. The van der Waals surface area contributed by atoms with Gasteiger partial charge in [0.05, 0.1) is 4.90 Å². The van der Waals surface area contributed by atoms with Crippen molar-refractivity contribution in [2.24, 2.45) is 5.92 Å². The van der Waals surface area contributed by atoms with Crippen molar-refractivity contribution < 1.29 is 22.4 Å². The minimum atomic E-state index is -3.86. The minimum Gasteiger partial charge on any atom is -0.354 e. The molecule has 3 rings (SSSR count). The Morgan fingerprint density at radius 2 is 1.48 bits per heavy atom. The van der Waals surface area contributed by atoms with E-state index in [9.17, 15) is 22.4 Å². The van der Waals surface area contributed by atoms with Crippen LogP contribution in [0.2, 0.25) is 0 Å². The summed E-state index contributed by atoms with van der Waals surface area (Å²) in [6.07, 6.45) is 5.19. The summed E-state index contributed by atoms with van der Waals surface area (Å²) in [6.45, 7) is 0.624. The molecule has 166 valence electrons. The molecular formula is C22H26FN3O4S. The Kier molecular flexibility index (Phi) is 7.62. The summed E-state index contributed by atoms with van der Waals surface area (Å²) < 4.78 is 40.2. The van der Waals surface area contributed by atoms with E-state index in [4.69, 9.17) is 0 Å². The molecule has 31 heavy (non-hydrogen) atoms. The first-order chi connectivity index (χ1) is 14.8. The molecule has 9 heteroatoms. The van der Waals surface area contributed by atoms with Crippen molar-refractivity contribution in [3.63, 3.8) is 0 Å². The number of amides is 2. The average Bonchev–Trinajstić information content (AvgIpc) is 2.78. The van der Waals surface area contributed by atoms with Crippen LogP contribution >= 0.6 is 0 Å². The van der Waals surface area contributed by atoms with Gasteiger partial charge in [0.1, 0.15) is 5.82 Å². The molecular weight excluding hydrogens is 421 g/mol. The van der Waals surface area contributed by atoms with Crippen LogP contribution in [0.3, 0.4) is 0 Å². The molecule has 1 aliphatic rings. The third-order valence-electron chi connectivity index (χ3n) is 5.21. The molecule has 0 atom stereocenters. The van der Waals surface area contributed by atoms with E-state index in [1.807, 2.05) is 0 Å². The molecule has 0 aliphatic heterocycles. The maximum atomic E-state index is 13.0. The highest BCUT2D eigenvalue weighted by Crippen LogP contribution is 2.23. The van der Waals surface area contributed by atoms with Gasteiger partial charge in [0.2, 0.25) is 5.91 Å². The van der Waals surface area contributed by atoms with Crippen molar-refractivity contribution >= 4 is 27.5 Å². The van der Waals surface area contributed by atoms with E-state index in [-0.39, 0.29) is 34.9 Å². The van der Waals surface area contributed by atoms with Gasteiger partial charge in [-0.2, -0.15) is 0 Å². The number of hydrogen-bond acceptors (Lipinski definition) is 4. The number of halogens is 1. The molecule has 2 amide bonds. The first-order valence-corrected chi connectivity index (χ1v) is 11.8. The number of hydrogen-bond donors (Lipinski definition) is 3. The highest BCUT2D eigenvalue weighted by atomic mass is 32.2. The van der Waals surface area contributed by atoms with Crippen LogP contribution in [0, 0.1) is 11.7 Å². The van der Waals surface area contributed by atoms with Gasteiger partial charge in [-0.3, -0.25) is 14.3 Å². The SMILES string of the molecule is O=C(NCCNC(=O)C1CCCCC1)c1ccc(S(=O)(=O)Nc2ccc(F)cc2)cc1. The number of carbonyl (C=O) groups is 2. The van der Waals surface area contributed by atoms with E-state index in [0.29, 0.717) is 12.1 Å². The molecule has 1 fully saturated rings. The van der Waals surface area contributed by atoms with E-state index >= 15 is 0 Å². The van der Waals surface area contributed by atoms with Crippen LogP contribution < -0.4 is 15.4 Å². The molecule has 2 aromatic rings. The highest BCUT2D eigenvalue weighted by Gasteiger charge is 2.20. The summed E-state index contributed by atoms with van der Waals surface area (Å²) in [7, 11) is -3.86. The lowest BCUT2D eigenvalue weighted by Gasteiger charge is -2.20. The van der Waals surface area contributed by atoms with Crippen LogP contribution in [0.4, 0.5) is 10.1 Å². The summed E-state index contributed by atoms with van der Waals surface area (Å²) in [5.74, 6) is -0.714. The summed E-state index contributed by atoms with van der Waals surface area (Å²) in [5.41, 5.74) is 0.540. The van der Waals surface area contributed by atoms with E-state index in [2.05, 4.69) is 15.4 Å². The Bertz CT molecular complexity index is 1000. The molecule has 0 saturated heterocycles. The monoisotopic (exact) mass is 447 g/mol. The summed E-state index contributed by atoms with van der Waals surface area (Å²) in [4.78, 5) is 24.3. The van der Waals surface area contributed by atoms with Crippen LogP contribution in [-0.4, -0.2) is 33.3 Å². The molecule has 0 heterocycles. The smallest absolute Gasteiger partial charge is 0.261 e. The summed E-state index contributed by atoms with van der Waals surface area (Å²) in [5, 5.41) is 5.56. The normalized spacial score (nSPS) is 14.6. The zero-order chi connectivity index (χ0) is 22.3. The second-order valence-electron chi connectivity index (χ2n) is 7.52. The minimum absolute atomic E-state index is 0.0203. The van der Waals surface area contributed by atoms with Gasteiger partial charge < -0.3 is 10.6 Å². The number of rotatable bonds is 8. The molecule has 0 spiro atoms. The molecule has 0 unspecified atom stereocenters. The van der Waals surface area contributed by atoms with Crippen molar-refractivity contribution in [3.05, 3.63) is 59.9 Å². The molecule has 0 radical (unpaired) electrons. The number of carbonyl (C=O) groups excluding carboxylic acids is 2. The van der Waals surface area contributed by atoms with Crippen molar-refractivity contribution in [1.29, 1.82) is 0 Å². The maximum absolute atomic E-state index is 13.0. The lowest BCUT2D eigenvalue weighted by atomic mass is 9.89. The van der Waals surface area contributed by atoms with Crippen LogP contribution in [0.15, 0.2) is 53.4 Å². The number of nitrogens with one attached hydrogen (secondary N) is 3. The fourth-order valence-electron chi connectivity index (χ4n) is 3.49. The topological polar surface area (TPSA) is 104 Å². The second kappa shape index (κ2) is 10.4. The van der Waals surface area contributed by atoms with Crippen molar-refractivity contribution in [1.82, 2.24) is 10.6 Å². The van der Waals surface area contributed by atoms with Gasteiger partial charge in [-0.15, -0.1) is 0 Å². The van der Waals surface area contributed by atoms with Gasteiger partial charge in [0.15, 0.2) is 0 Å². The zero-order valence-electron chi connectivity index (χ0n) is 17.1. The van der Waals surface area contributed by atoms with Crippen molar-refractivity contribution in [2.75, 3.05) is 17.8 Å². The van der Waals surface area contributed by atoms with Gasteiger partial charge in [0, 0.05) is 30.3 Å². The number of benzene rings is 2. The molecule has 0 aromatic heterocycles. The van der Waals surface area contributed by atoms with E-state index in [1.54, 1.807) is 0 Å². The van der Waals surface area contributed by atoms with Crippen molar-refractivity contribution in [3.8, 4) is 0 Å². The van der Waals surface area contributed by atoms with Gasteiger partial charge in [0.25, 0.3) is 15.9 Å². The lowest BCUT2D eigenvalue weighted by molar-refractivity contribution is -0.125. The maximum Gasteiger partial charge on any atom is 0.261 e. The lowest BCUT2D eigenvalue weighted by Crippen LogP contribution is -2.38. The largest absolute Gasteiger partial charge is 0.354 e. The van der Waals surface area contributed by atoms with Gasteiger partial charge in [-0.05, 0) is 61.4 Å². The third-order valence-corrected chi connectivity index (χ3v) is 6.61. The quantitative estimate of drug-likeness (QED) is 0.541. The molecule has 7 nitrogen and oxygen atoms in total. The fraction of sp³-hybridized carbons (Fsp3) is 0.364. The molecule has 3 N–H and O–H groups in total. The Morgan fingerprint density at radius 3 is 2.13 bits per heavy atom. The Balaban J connectivity index is 1.48. The second-order valence-corrected chi connectivity index (χ2v) is 9.20. The standard InChI is InChI=1S/C22H26FN3O4S/c23-18-8-10-19(11-9-18)26-31(29,30)20-12-6-17(7-13-20)22(28)25-15-14-24-21(27)16-4-2-1-3-5-16/h6-13,16,26H,1-5,14-15H2,(H,24,27)(H,25,28). The molecule has 2 aromatic carbocycles. The summed E-state index contributed by atoms with van der Waals surface area (Å²) >= 11 is 0. The summed E-state index contributed by atoms with van der Waals surface area (Å²) in [6, 6.07) is 10.4. The predicted octanol–water partition coefficient (Wildman–Crippen LogP) is 3.05. The Hall–Kier alpha value is -2.94. The van der Waals surface area contributed by atoms with E-state index in [1.165, 1.54) is 42.8 Å². The van der Waals surface area contributed by atoms with Crippen LogP contribution in [-0.2, 0) is 14.8 Å². The molecule has 1 saturated carbocycles. The van der Waals surface area contributed by atoms with Crippen LogP contribution in [0.5, 0.6) is 0 Å². The third kappa shape index (κ3) is 6.52. The van der Waals surface area contributed by atoms with Gasteiger partial charge >= 0.3 is 0 Å². The van der Waals surface area contributed by atoms with E-state index < -0.39 is 15.8 Å². The zero-order valence-corrected chi connectivity index (χ0v) is 17.9. The molecule has 1 aliphatic carbocycles. The average molecular weight is 448 g/mol. The number of sulfonamides is 1. The van der Waals surface area contributed by atoms with Crippen molar-refractivity contribution in [2.45, 2.75) is 37.0 Å². The van der Waals surface area contributed by atoms with Crippen LogP contribution in [0.25, 0.3) is 0 Å². The highest BCUT2D eigenvalue weighted by molar-refractivity contribution is 7.92. The first kappa shape index (κ1) is 22.7. The first-order valence-electron chi connectivity index (χ1n) is 10.3. The van der Waals surface area contributed by atoms with Gasteiger partial charge in [-0.25, -0.2) is 12.8 Å². The van der Waals surface area contributed by atoms with E-state index in [0.717, 1.165) is 37.8 Å². The van der Waals surface area contributed by atoms with Gasteiger partial charge in [-0.1, -0.05) is 19.3 Å². The fourth-order valence-corrected chi connectivity index (χ4v) is 4.55.